The van der Waals surface area contributed by atoms with E-state index in [-0.39, 0.29) is 12.0 Å². The van der Waals surface area contributed by atoms with Crippen LogP contribution in [0.2, 0.25) is 0 Å². The minimum absolute atomic E-state index is 0.0920. The van der Waals surface area contributed by atoms with Crippen molar-refractivity contribution in [1.29, 1.82) is 0 Å². The second-order valence-electron chi connectivity index (χ2n) is 6.46. The summed E-state index contributed by atoms with van der Waals surface area (Å²) < 4.78 is 10.6. The number of methoxy groups -OCH3 is 1. The van der Waals surface area contributed by atoms with Crippen LogP contribution < -0.4 is 9.64 Å². The van der Waals surface area contributed by atoms with Crippen molar-refractivity contribution in [3.63, 3.8) is 0 Å². The highest BCUT2D eigenvalue weighted by Crippen LogP contribution is 2.20. The van der Waals surface area contributed by atoms with Crippen LogP contribution in [0.1, 0.15) is 27.1 Å². The van der Waals surface area contributed by atoms with Crippen molar-refractivity contribution in [2.75, 3.05) is 39.2 Å². The molecule has 142 valence electrons. The first-order valence-electron chi connectivity index (χ1n) is 8.61. The molecule has 1 aliphatic heterocycles. The van der Waals surface area contributed by atoms with Crippen molar-refractivity contribution in [3.8, 4) is 5.88 Å². The van der Waals surface area contributed by atoms with Crippen LogP contribution in [0, 0.1) is 0 Å². The fourth-order valence-corrected chi connectivity index (χ4v) is 2.84. The van der Waals surface area contributed by atoms with Crippen molar-refractivity contribution in [2.24, 2.45) is 0 Å². The van der Waals surface area contributed by atoms with E-state index in [1.165, 1.54) is 7.11 Å². The molecular weight excluding hydrogens is 348 g/mol. The molecule has 1 unspecified atom stereocenters. The summed E-state index contributed by atoms with van der Waals surface area (Å²) in [6, 6.07) is 6.44. The van der Waals surface area contributed by atoms with Gasteiger partial charge in [-0.1, -0.05) is 0 Å². The number of ether oxygens (including phenoxy) is 2. The normalized spacial score (nSPS) is 16.1. The maximum absolute atomic E-state index is 12.7. The third kappa shape index (κ3) is 4.33. The van der Waals surface area contributed by atoms with Gasteiger partial charge < -0.3 is 19.3 Å². The quantitative estimate of drug-likeness (QED) is 0.740. The number of esters is 1. The second kappa shape index (κ2) is 8.03. The minimum Gasteiger partial charge on any atom is -0.471 e. The van der Waals surface area contributed by atoms with Crippen LogP contribution in [-0.4, -0.2) is 67.1 Å². The minimum atomic E-state index is -0.426. The van der Waals surface area contributed by atoms with Crippen molar-refractivity contribution >= 4 is 17.7 Å². The van der Waals surface area contributed by atoms with E-state index in [1.807, 2.05) is 19.0 Å². The molecule has 0 spiro atoms. The molecule has 3 rings (SSSR count). The lowest BCUT2D eigenvalue weighted by molar-refractivity contribution is 0.0600. The molecule has 1 atom stereocenters. The van der Waals surface area contributed by atoms with Gasteiger partial charge in [-0.25, -0.2) is 4.79 Å². The average Bonchev–Trinajstić information content (AvgIpc) is 3.15. The highest BCUT2D eigenvalue weighted by Gasteiger charge is 2.28. The molecule has 2 heterocycles. The Hall–Kier alpha value is -3.16. The van der Waals surface area contributed by atoms with Gasteiger partial charge in [0.15, 0.2) is 5.82 Å². The number of carbonyl (C=O) groups is 2. The number of amides is 1. The first kappa shape index (κ1) is 18.6. The smallest absolute Gasteiger partial charge is 0.337 e. The summed E-state index contributed by atoms with van der Waals surface area (Å²) in [5.41, 5.74) is 0.939. The first-order valence-corrected chi connectivity index (χ1v) is 8.61. The maximum Gasteiger partial charge on any atom is 0.337 e. The van der Waals surface area contributed by atoms with Gasteiger partial charge in [0.1, 0.15) is 6.10 Å². The standard InChI is InChI=1S/C19H22N4O4/c1-22(2)16-10-20-11-17(21-16)27-15-8-9-23(12-15)18(24)13-4-6-14(7-5-13)19(25)26-3/h4-7,10-11,15H,8-9,12H2,1-3H3. The summed E-state index contributed by atoms with van der Waals surface area (Å²) in [5, 5.41) is 0. The lowest BCUT2D eigenvalue weighted by atomic mass is 10.1. The number of anilines is 1. The Labute approximate surface area is 157 Å². The van der Waals surface area contributed by atoms with Crippen molar-refractivity contribution in [3.05, 3.63) is 47.8 Å². The van der Waals surface area contributed by atoms with Crippen LogP contribution >= 0.6 is 0 Å². The molecule has 0 bridgehead atoms. The first-order chi connectivity index (χ1) is 13.0. The van der Waals surface area contributed by atoms with Gasteiger partial charge in [-0.3, -0.25) is 9.78 Å². The van der Waals surface area contributed by atoms with Crippen LogP contribution in [0.15, 0.2) is 36.7 Å². The fraction of sp³-hybridized carbons (Fsp3) is 0.368. The fourth-order valence-electron chi connectivity index (χ4n) is 2.84. The molecule has 1 aromatic carbocycles. The maximum atomic E-state index is 12.7. The van der Waals surface area contributed by atoms with E-state index < -0.39 is 5.97 Å². The Balaban J connectivity index is 1.61. The zero-order valence-electron chi connectivity index (χ0n) is 15.6. The number of hydrogen-bond donors (Lipinski definition) is 0. The third-order valence-corrected chi connectivity index (χ3v) is 4.33. The van der Waals surface area contributed by atoms with Crippen LogP contribution in [0.4, 0.5) is 5.82 Å². The van der Waals surface area contributed by atoms with E-state index in [9.17, 15) is 9.59 Å². The molecular formula is C19H22N4O4. The predicted molar refractivity (Wildman–Crippen MR) is 99.1 cm³/mol. The van der Waals surface area contributed by atoms with Crippen LogP contribution in [0.3, 0.4) is 0 Å². The van der Waals surface area contributed by atoms with E-state index in [2.05, 4.69) is 14.7 Å². The van der Waals surface area contributed by atoms with E-state index in [1.54, 1.807) is 41.6 Å². The van der Waals surface area contributed by atoms with Gasteiger partial charge in [0, 0.05) is 32.6 Å². The summed E-state index contributed by atoms with van der Waals surface area (Å²) in [7, 11) is 5.09. The summed E-state index contributed by atoms with van der Waals surface area (Å²) in [6.07, 6.45) is 3.83. The van der Waals surface area contributed by atoms with Gasteiger partial charge in [-0.15, -0.1) is 0 Å². The third-order valence-electron chi connectivity index (χ3n) is 4.33. The zero-order chi connectivity index (χ0) is 19.4. The number of aromatic nitrogens is 2. The van der Waals surface area contributed by atoms with Crippen molar-refractivity contribution < 1.29 is 19.1 Å². The highest BCUT2D eigenvalue weighted by molar-refractivity contribution is 5.96. The lowest BCUT2D eigenvalue weighted by Crippen LogP contribution is -2.31. The number of benzene rings is 1. The Bertz CT molecular complexity index is 823. The molecule has 1 aromatic heterocycles. The van der Waals surface area contributed by atoms with Crippen LogP contribution in [-0.2, 0) is 4.74 Å². The molecule has 8 nitrogen and oxygen atoms in total. The Morgan fingerprint density at radius 3 is 2.52 bits per heavy atom. The number of hydrogen-bond acceptors (Lipinski definition) is 7. The van der Waals surface area contributed by atoms with E-state index in [4.69, 9.17) is 4.74 Å². The summed E-state index contributed by atoms with van der Waals surface area (Å²) >= 11 is 0. The van der Waals surface area contributed by atoms with Gasteiger partial charge >= 0.3 is 5.97 Å². The molecule has 2 aromatic rings. The molecule has 1 fully saturated rings. The summed E-state index contributed by atoms with van der Waals surface area (Å²) in [5.74, 6) is 0.641. The molecule has 0 radical (unpaired) electrons. The topological polar surface area (TPSA) is 84.9 Å². The Kier molecular flexibility index (Phi) is 5.54. The number of nitrogens with zero attached hydrogens (tertiary/aromatic N) is 4. The molecule has 1 amide bonds. The number of likely N-dealkylation sites (tertiary alicyclic amines) is 1. The van der Waals surface area contributed by atoms with Crippen LogP contribution in [0.5, 0.6) is 5.88 Å². The molecule has 0 aliphatic carbocycles. The number of rotatable bonds is 5. The van der Waals surface area contributed by atoms with Gasteiger partial charge in [0.25, 0.3) is 5.91 Å². The molecule has 27 heavy (non-hydrogen) atoms. The van der Waals surface area contributed by atoms with Crippen molar-refractivity contribution in [1.82, 2.24) is 14.9 Å². The molecule has 8 heteroatoms. The van der Waals surface area contributed by atoms with E-state index in [0.717, 1.165) is 6.42 Å². The molecule has 0 saturated carbocycles. The SMILES string of the molecule is COC(=O)c1ccc(C(=O)N2CCC(Oc3cncc(N(C)C)n3)C2)cc1. The van der Waals surface area contributed by atoms with Gasteiger partial charge in [-0.05, 0) is 24.3 Å². The Morgan fingerprint density at radius 2 is 1.85 bits per heavy atom. The monoisotopic (exact) mass is 370 g/mol. The predicted octanol–water partition coefficient (Wildman–Crippen LogP) is 1.62. The van der Waals surface area contributed by atoms with E-state index in [0.29, 0.717) is 35.9 Å². The average molecular weight is 370 g/mol. The largest absolute Gasteiger partial charge is 0.471 e. The van der Waals surface area contributed by atoms with Gasteiger partial charge in [-0.2, -0.15) is 4.98 Å². The van der Waals surface area contributed by atoms with Crippen LogP contribution in [0.25, 0.3) is 0 Å². The second-order valence-corrected chi connectivity index (χ2v) is 6.46. The van der Waals surface area contributed by atoms with E-state index >= 15 is 0 Å². The zero-order valence-corrected chi connectivity index (χ0v) is 15.6. The molecule has 0 N–H and O–H groups in total. The molecule has 1 aliphatic rings. The number of carbonyl (C=O) groups excluding carboxylic acids is 2. The summed E-state index contributed by atoms with van der Waals surface area (Å²) in [6.45, 7) is 1.08. The summed E-state index contributed by atoms with van der Waals surface area (Å²) in [4.78, 5) is 36.3. The highest BCUT2D eigenvalue weighted by atomic mass is 16.5. The molecule has 1 saturated heterocycles. The Morgan fingerprint density at radius 1 is 1.15 bits per heavy atom. The van der Waals surface area contributed by atoms with Gasteiger partial charge in [0.2, 0.25) is 5.88 Å². The lowest BCUT2D eigenvalue weighted by Gasteiger charge is -2.18. The van der Waals surface area contributed by atoms with Crippen molar-refractivity contribution in [2.45, 2.75) is 12.5 Å². The van der Waals surface area contributed by atoms with Gasteiger partial charge in [0.05, 0.1) is 31.6 Å².